The second-order valence-corrected chi connectivity index (χ2v) is 6.35. The minimum absolute atomic E-state index is 0.104. The number of phenolic OH excluding ortho intramolecular Hbond substituents is 1. The molecule has 1 amide bonds. The van der Waals surface area contributed by atoms with Crippen LogP contribution in [0.4, 0.5) is 17.1 Å². The fourth-order valence-corrected chi connectivity index (χ4v) is 2.76. The first kappa shape index (κ1) is 21.4. The molecule has 160 valence electrons. The minimum atomic E-state index is -0.296. The van der Waals surface area contributed by atoms with Crippen LogP contribution in [-0.4, -0.2) is 43.5 Å². The Balaban J connectivity index is 1.67. The summed E-state index contributed by atoms with van der Waals surface area (Å²) >= 11 is 0. The molecule has 0 radical (unpaired) electrons. The number of aromatic hydroxyl groups is 1. The van der Waals surface area contributed by atoms with Crippen LogP contribution >= 0.6 is 0 Å². The monoisotopic (exact) mass is 421 g/mol. The Morgan fingerprint density at radius 2 is 1.90 bits per heavy atom. The lowest BCUT2D eigenvalue weighted by Gasteiger charge is -2.14. The molecule has 0 aliphatic heterocycles. The van der Waals surface area contributed by atoms with E-state index >= 15 is 0 Å². The van der Waals surface area contributed by atoms with E-state index in [1.807, 2.05) is 6.07 Å². The number of carbonyl (C=O) groups excluding carboxylic acids is 1. The SMILES string of the molecule is C=Nc1cc(Oc2ccnc(C(=O)NC)c2)ccc1NCNc1cc(O)cc(OC)c1. The molecule has 31 heavy (non-hydrogen) atoms. The van der Waals surface area contributed by atoms with Crippen LogP contribution in [-0.2, 0) is 0 Å². The summed E-state index contributed by atoms with van der Waals surface area (Å²) in [5, 5.41) is 18.6. The molecule has 0 aliphatic rings. The van der Waals surface area contributed by atoms with E-state index in [0.717, 1.165) is 5.69 Å². The van der Waals surface area contributed by atoms with Gasteiger partial charge in [-0.1, -0.05) is 0 Å². The van der Waals surface area contributed by atoms with Crippen molar-refractivity contribution in [1.29, 1.82) is 0 Å². The Hall–Kier alpha value is -4.27. The maximum atomic E-state index is 11.7. The standard InChI is InChI=1S/C22H23N5O4/c1-23-20-11-16(31-17-6-7-25-21(12-17)22(29)24-2)4-5-19(20)27-13-26-14-8-15(28)10-18(9-14)30-3/h4-12,26-28H,1,13H2,2-3H3,(H,24,29). The Bertz CT molecular complexity index is 1090. The lowest BCUT2D eigenvalue weighted by atomic mass is 10.2. The van der Waals surface area contributed by atoms with Crippen molar-refractivity contribution in [1.82, 2.24) is 10.3 Å². The molecule has 0 atom stereocenters. The highest BCUT2D eigenvalue weighted by atomic mass is 16.5. The first-order chi connectivity index (χ1) is 15.0. The van der Waals surface area contributed by atoms with Gasteiger partial charge in [0.2, 0.25) is 0 Å². The number of methoxy groups -OCH3 is 1. The topological polar surface area (TPSA) is 117 Å². The number of pyridine rings is 1. The van der Waals surface area contributed by atoms with Gasteiger partial charge in [0.05, 0.1) is 25.2 Å². The molecule has 9 nitrogen and oxygen atoms in total. The van der Waals surface area contributed by atoms with Crippen molar-refractivity contribution in [3.63, 3.8) is 0 Å². The fraction of sp³-hybridized carbons (Fsp3) is 0.136. The van der Waals surface area contributed by atoms with E-state index < -0.39 is 0 Å². The van der Waals surface area contributed by atoms with Crippen molar-refractivity contribution in [3.8, 4) is 23.0 Å². The Morgan fingerprint density at radius 3 is 2.65 bits per heavy atom. The number of benzene rings is 2. The molecule has 0 aliphatic carbocycles. The lowest BCUT2D eigenvalue weighted by Crippen LogP contribution is -2.18. The Labute approximate surface area is 179 Å². The normalized spacial score (nSPS) is 10.1. The number of anilines is 2. The third-order valence-corrected chi connectivity index (χ3v) is 4.26. The highest BCUT2D eigenvalue weighted by Gasteiger charge is 2.09. The van der Waals surface area contributed by atoms with E-state index in [0.29, 0.717) is 35.3 Å². The number of amides is 1. The molecule has 9 heteroatoms. The number of nitrogens with one attached hydrogen (secondary N) is 3. The summed E-state index contributed by atoms with van der Waals surface area (Å²) in [4.78, 5) is 19.8. The molecule has 0 unspecified atom stereocenters. The molecule has 4 N–H and O–H groups in total. The zero-order valence-electron chi connectivity index (χ0n) is 17.2. The van der Waals surface area contributed by atoms with Crippen molar-refractivity contribution in [3.05, 3.63) is 60.4 Å². The number of aliphatic imine (C=N–C) groups is 1. The summed E-state index contributed by atoms with van der Waals surface area (Å²) in [7, 11) is 3.07. The first-order valence-electron chi connectivity index (χ1n) is 9.35. The van der Waals surface area contributed by atoms with E-state index in [9.17, 15) is 9.90 Å². The highest BCUT2D eigenvalue weighted by molar-refractivity contribution is 5.92. The predicted molar refractivity (Wildman–Crippen MR) is 120 cm³/mol. The van der Waals surface area contributed by atoms with Gasteiger partial charge < -0.3 is 30.5 Å². The van der Waals surface area contributed by atoms with Crippen molar-refractivity contribution in [2.24, 2.45) is 4.99 Å². The number of rotatable bonds is 9. The van der Waals surface area contributed by atoms with Crippen molar-refractivity contribution < 1.29 is 19.4 Å². The van der Waals surface area contributed by atoms with E-state index in [4.69, 9.17) is 9.47 Å². The Kier molecular flexibility index (Phi) is 6.89. The number of phenols is 1. The van der Waals surface area contributed by atoms with Crippen LogP contribution in [0, 0.1) is 0 Å². The predicted octanol–water partition coefficient (Wildman–Crippen LogP) is 3.76. The van der Waals surface area contributed by atoms with Gasteiger partial charge in [0.15, 0.2) is 0 Å². The molecule has 0 fully saturated rings. The number of carbonyl (C=O) groups is 1. The van der Waals surface area contributed by atoms with E-state index in [-0.39, 0.29) is 17.4 Å². The molecule has 0 saturated carbocycles. The van der Waals surface area contributed by atoms with Crippen LogP contribution in [0.2, 0.25) is 0 Å². The number of hydrogen-bond acceptors (Lipinski definition) is 8. The molecule has 0 spiro atoms. The zero-order valence-corrected chi connectivity index (χ0v) is 17.2. The molecule has 0 saturated heterocycles. The fourth-order valence-electron chi connectivity index (χ4n) is 2.76. The van der Waals surface area contributed by atoms with Gasteiger partial charge in [-0.15, -0.1) is 0 Å². The van der Waals surface area contributed by atoms with Gasteiger partial charge in [0.1, 0.15) is 28.7 Å². The lowest BCUT2D eigenvalue weighted by molar-refractivity contribution is 0.0958. The molecular formula is C22H23N5O4. The van der Waals surface area contributed by atoms with E-state index in [1.54, 1.807) is 36.4 Å². The molecule has 1 aromatic heterocycles. The van der Waals surface area contributed by atoms with Crippen LogP contribution in [0.25, 0.3) is 0 Å². The third kappa shape index (κ3) is 5.63. The summed E-state index contributed by atoms with van der Waals surface area (Å²) in [6.45, 7) is 3.98. The van der Waals surface area contributed by atoms with Crippen LogP contribution in [0.15, 0.2) is 59.7 Å². The second-order valence-electron chi connectivity index (χ2n) is 6.35. The third-order valence-electron chi connectivity index (χ3n) is 4.26. The van der Waals surface area contributed by atoms with Crippen LogP contribution in [0.3, 0.4) is 0 Å². The van der Waals surface area contributed by atoms with Gasteiger partial charge in [-0.25, -0.2) is 0 Å². The molecule has 2 aromatic carbocycles. The molecule has 3 aromatic rings. The molecule has 1 heterocycles. The van der Waals surface area contributed by atoms with Crippen molar-refractivity contribution in [2.75, 3.05) is 31.5 Å². The van der Waals surface area contributed by atoms with Gasteiger partial charge >= 0.3 is 0 Å². The summed E-state index contributed by atoms with van der Waals surface area (Å²) < 4.78 is 11.0. The molecular weight excluding hydrogens is 398 g/mol. The number of hydrogen-bond donors (Lipinski definition) is 4. The summed E-state index contributed by atoms with van der Waals surface area (Å²) in [6, 6.07) is 13.4. The maximum Gasteiger partial charge on any atom is 0.269 e. The maximum absolute atomic E-state index is 11.7. The van der Waals surface area contributed by atoms with E-state index in [1.165, 1.54) is 26.4 Å². The molecule has 3 rings (SSSR count). The highest BCUT2D eigenvalue weighted by Crippen LogP contribution is 2.32. The second kappa shape index (κ2) is 9.97. The van der Waals surface area contributed by atoms with Crippen molar-refractivity contribution in [2.45, 2.75) is 0 Å². The van der Waals surface area contributed by atoms with E-state index in [2.05, 4.69) is 32.6 Å². The number of nitrogens with zero attached hydrogens (tertiary/aromatic N) is 2. The average Bonchev–Trinajstić information content (AvgIpc) is 2.79. The quantitative estimate of drug-likeness (QED) is 0.307. The summed E-state index contributed by atoms with van der Waals surface area (Å²) in [6.07, 6.45) is 1.50. The Morgan fingerprint density at radius 1 is 1.10 bits per heavy atom. The first-order valence-corrected chi connectivity index (χ1v) is 9.35. The van der Waals surface area contributed by atoms with Gasteiger partial charge in [-0.05, 0) is 24.9 Å². The summed E-state index contributed by atoms with van der Waals surface area (Å²) in [5.41, 5.74) is 2.29. The van der Waals surface area contributed by atoms with Crippen LogP contribution < -0.4 is 25.4 Å². The number of aromatic nitrogens is 1. The van der Waals surface area contributed by atoms with Gasteiger partial charge in [0, 0.05) is 49.3 Å². The van der Waals surface area contributed by atoms with Gasteiger partial charge in [-0.3, -0.25) is 14.8 Å². The van der Waals surface area contributed by atoms with Crippen LogP contribution in [0.1, 0.15) is 10.5 Å². The average molecular weight is 421 g/mol. The van der Waals surface area contributed by atoms with Crippen molar-refractivity contribution >= 4 is 29.7 Å². The minimum Gasteiger partial charge on any atom is -0.508 e. The number of ether oxygens (including phenoxy) is 2. The van der Waals surface area contributed by atoms with Crippen LogP contribution in [0.5, 0.6) is 23.0 Å². The largest absolute Gasteiger partial charge is 0.508 e. The summed E-state index contributed by atoms with van der Waals surface area (Å²) in [5.74, 6) is 1.37. The smallest absolute Gasteiger partial charge is 0.269 e. The zero-order chi connectivity index (χ0) is 22.2. The molecule has 0 bridgehead atoms. The van der Waals surface area contributed by atoms with Gasteiger partial charge in [-0.2, -0.15) is 0 Å². The van der Waals surface area contributed by atoms with Gasteiger partial charge in [0.25, 0.3) is 5.91 Å².